The number of hydrogen-bond acceptors (Lipinski definition) is 3. The Balaban J connectivity index is 2.59. The number of rotatable bonds is 6. The van der Waals surface area contributed by atoms with E-state index in [0.29, 0.717) is 12.2 Å². The Morgan fingerprint density at radius 2 is 1.88 bits per heavy atom. The highest BCUT2D eigenvalue weighted by Crippen LogP contribution is 2.19. The Kier molecular flexibility index (Phi) is 5.38. The third-order valence-corrected chi connectivity index (χ3v) is 2.76. The summed E-state index contributed by atoms with van der Waals surface area (Å²) in [5, 5.41) is 0. The van der Waals surface area contributed by atoms with Crippen molar-refractivity contribution >= 4 is 5.69 Å². The van der Waals surface area contributed by atoms with Crippen molar-refractivity contribution in [1.29, 1.82) is 0 Å². The molecule has 1 rings (SSSR count). The number of halogens is 1. The van der Waals surface area contributed by atoms with Crippen molar-refractivity contribution in [3.8, 4) is 0 Å². The molecular weight excluding hydrogens is 217 g/mol. The molecule has 1 aromatic carbocycles. The highest BCUT2D eigenvalue weighted by atomic mass is 19.1. The maximum atomic E-state index is 13.8. The van der Waals surface area contributed by atoms with Crippen molar-refractivity contribution in [2.45, 2.75) is 13.0 Å². The first-order chi connectivity index (χ1) is 8.04. The molecule has 0 atom stereocenters. The van der Waals surface area contributed by atoms with Crippen molar-refractivity contribution < 1.29 is 4.39 Å². The van der Waals surface area contributed by atoms with Crippen molar-refractivity contribution in [2.75, 3.05) is 39.1 Å². The van der Waals surface area contributed by atoms with E-state index in [1.54, 1.807) is 6.07 Å². The molecule has 17 heavy (non-hydrogen) atoms. The van der Waals surface area contributed by atoms with Gasteiger partial charge in [-0.2, -0.15) is 0 Å². The summed E-state index contributed by atoms with van der Waals surface area (Å²) in [4.78, 5) is 4.07. The van der Waals surface area contributed by atoms with Crippen LogP contribution < -0.4 is 10.6 Å². The van der Waals surface area contributed by atoms with Crippen LogP contribution >= 0.6 is 0 Å². The summed E-state index contributed by atoms with van der Waals surface area (Å²) in [6.45, 7) is 2.23. The Bertz CT molecular complexity index is 353. The minimum absolute atomic E-state index is 0.194. The van der Waals surface area contributed by atoms with Crippen LogP contribution in [0.1, 0.15) is 12.0 Å². The summed E-state index contributed by atoms with van der Waals surface area (Å²) in [7, 11) is 5.99. The Labute approximate surface area is 103 Å². The van der Waals surface area contributed by atoms with Gasteiger partial charge in [0.2, 0.25) is 0 Å². The van der Waals surface area contributed by atoms with E-state index in [0.717, 1.165) is 25.1 Å². The lowest BCUT2D eigenvalue weighted by atomic mass is 10.2. The lowest BCUT2D eigenvalue weighted by molar-refractivity contribution is 0.401. The summed E-state index contributed by atoms with van der Waals surface area (Å²) in [6, 6.07) is 5.19. The van der Waals surface area contributed by atoms with Gasteiger partial charge in [-0.15, -0.1) is 0 Å². The summed E-state index contributed by atoms with van der Waals surface area (Å²) in [5.74, 6) is -0.194. The lowest BCUT2D eigenvalue weighted by Crippen LogP contribution is -2.24. The number of hydrogen-bond donors (Lipinski definition) is 1. The van der Waals surface area contributed by atoms with Gasteiger partial charge in [-0.1, -0.05) is 6.07 Å². The van der Waals surface area contributed by atoms with Crippen LogP contribution in [0.25, 0.3) is 0 Å². The second kappa shape index (κ2) is 6.57. The SMILES string of the molecule is CN(C)CCCN(C)c1ccc(CN)cc1F. The van der Waals surface area contributed by atoms with Gasteiger partial charge in [-0.25, -0.2) is 4.39 Å². The molecule has 0 radical (unpaired) electrons. The van der Waals surface area contributed by atoms with Crippen LogP contribution in [0.15, 0.2) is 18.2 Å². The van der Waals surface area contributed by atoms with E-state index in [1.165, 1.54) is 6.07 Å². The molecule has 0 amide bonds. The third-order valence-electron chi connectivity index (χ3n) is 2.76. The van der Waals surface area contributed by atoms with Gasteiger partial charge in [-0.05, 0) is 44.8 Å². The normalized spacial score (nSPS) is 10.9. The Morgan fingerprint density at radius 3 is 2.41 bits per heavy atom. The molecule has 3 nitrogen and oxygen atoms in total. The van der Waals surface area contributed by atoms with E-state index in [1.807, 2.05) is 32.1 Å². The van der Waals surface area contributed by atoms with Crippen LogP contribution in [0.5, 0.6) is 0 Å². The molecule has 0 aromatic heterocycles. The molecule has 2 N–H and O–H groups in total. The molecule has 0 aliphatic rings. The van der Waals surface area contributed by atoms with Gasteiger partial charge < -0.3 is 15.5 Å². The van der Waals surface area contributed by atoms with E-state index >= 15 is 0 Å². The minimum Gasteiger partial charge on any atom is -0.372 e. The molecule has 0 aliphatic heterocycles. The number of benzene rings is 1. The molecule has 0 saturated carbocycles. The average molecular weight is 239 g/mol. The summed E-state index contributed by atoms with van der Waals surface area (Å²) >= 11 is 0. The topological polar surface area (TPSA) is 32.5 Å². The van der Waals surface area contributed by atoms with Crippen LogP contribution in [-0.4, -0.2) is 39.1 Å². The Morgan fingerprint density at radius 1 is 1.18 bits per heavy atom. The molecule has 4 heteroatoms. The molecule has 0 bridgehead atoms. The van der Waals surface area contributed by atoms with Crippen molar-refractivity contribution in [3.05, 3.63) is 29.6 Å². The molecular formula is C13H22FN3. The van der Waals surface area contributed by atoms with Crippen LogP contribution in [0, 0.1) is 5.82 Å². The van der Waals surface area contributed by atoms with Crippen molar-refractivity contribution in [1.82, 2.24) is 4.90 Å². The quantitative estimate of drug-likeness (QED) is 0.819. The lowest BCUT2D eigenvalue weighted by Gasteiger charge is -2.21. The van der Waals surface area contributed by atoms with Crippen molar-refractivity contribution in [3.63, 3.8) is 0 Å². The first-order valence-corrected chi connectivity index (χ1v) is 5.89. The summed E-state index contributed by atoms with van der Waals surface area (Å²) in [6.07, 6.45) is 1.02. The fourth-order valence-corrected chi connectivity index (χ4v) is 1.73. The van der Waals surface area contributed by atoms with Gasteiger partial charge in [0, 0.05) is 20.1 Å². The zero-order chi connectivity index (χ0) is 12.8. The molecule has 0 saturated heterocycles. The van der Waals surface area contributed by atoms with Gasteiger partial charge in [0.25, 0.3) is 0 Å². The zero-order valence-corrected chi connectivity index (χ0v) is 10.9. The summed E-state index contributed by atoms with van der Waals surface area (Å²) < 4.78 is 13.8. The Hall–Kier alpha value is -1.13. The first-order valence-electron chi connectivity index (χ1n) is 5.89. The number of nitrogens with zero attached hydrogens (tertiary/aromatic N) is 2. The highest BCUT2D eigenvalue weighted by Gasteiger charge is 2.07. The van der Waals surface area contributed by atoms with E-state index in [-0.39, 0.29) is 5.82 Å². The second-order valence-corrected chi connectivity index (χ2v) is 4.57. The molecule has 0 heterocycles. The maximum Gasteiger partial charge on any atom is 0.146 e. The van der Waals surface area contributed by atoms with E-state index < -0.39 is 0 Å². The van der Waals surface area contributed by atoms with Crippen LogP contribution in [0.4, 0.5) is 10.1 Å². The van der Waals surface area contributed by atoms with Gasteiger partial charge in [0.1, 0.15) is 5.82 Å². The molecule has 1 aromatic rings. The second-order valence-electron chi connectivity index (χ2n) is 4.57. The van der Waals surface area contributed by atoms with E-state index in [4.69, 9.17) is 5.73 Å². The molecule has 0 spiro atoms. The van der Waals surface area contributed by atoms with Crippen LogP contribution in [0.2, 0.25) is 0 Å². The minimum atomic E-state index is -0.194. The third kappa shape index (κ3) is 4.32. The number of anilines is 1. The van der Waals surface area contributed by atoms with E-state index in [2.05, 4.69) is 4.90 Å². The molecule has 0 aliphatic carbocycles. The standard InChI is InChI=1S/C13H22FN3/c1-16(2)7-4-8-17(3)13-6-5-11(10-15)9-12(13)14/h5-6,9H,4,7-8,10,15H2,1-3H3. The average Bonchev–Trinajstić information content (AvgIpc) is 2.28. The summed E-state index contributed by atoms with van der Waals surface area (Å²) in [5.41, 5.74) is 6.94. The monoisotopic (exact) mass is 239 g/mol. The van der Waals surface area contributed by atoms with Crippen molar-refractivity contribution in [2.24, 2.45) is 5.73 Å². The predicted octanol–water partition coefficient (Wildman–Crippen LogP) is 1.67. The van der Waals surface area contributed by atoms with Gasteiger partial charge >= 0.3 is 0 Å². The fraction of sp³-hybridized carbons (Fsp3) is 0.538. The fourth-order valence-electron chi connectivity index (χ4n) is 1.73. The van der Waals surface area contributed by atoms with Gasteiger partial charge in [0.05, 0.1) is 5.69 Å². The van der Waals surface area contributed by atoms with Crippen LogP contribution in [-0.2, 0) is 6.54 Å². The maximum absolute atomic E-state index is 13.8. The number of nitrogens with two attached hydrogens (primary N) is 1. The molecule has 0 unspecified atom stereocenters. The van der Waals surface area contributed by atoms with E-state index in [9.17, 15) is 4.39 Å². The largest absolute Gasteiger partial charge is 0.372 e. The predicted molar refractivity (Wildman–Crippen MR) is 70.7 cm³/mol. The first kappa shape index (κ1) is 13.9. The van der Waals surface area contributed by atoms with Crippen LogP contribution in [0.3, 0.4) is 0 Å². The smallest absolute Gasteiger partial charge is 0.146 e. The zero-order valence-electron chi connectivity index (χ0n) is 10.9. The molecule has 0 fully saturated rings. The van der Waals surface area contributed by atoms with Gasteiger partial charge in [0.15, 0.2) is 0 Å². The molecule has 96 valence electrons. The highest BCUT2D eigenvalue weighted by molar-refractivity contribution is 5.48. The van der Waals surface area contributed by atoms with Gasteiger partial charge in [-0.3, -0.25) is 0 Å².